The van der Waals surface area contributed by atoms with Gasteiger partial charge in [0.1, 0.15) is 0 Å². The normalized spacial score (nSPS) is 36.3. The predicted octanol–water partition coefficient (Wildman–Crippen LogP) is 2.93. The molecule has 2 aliphatic rings. The Bertz CT molecular complexity index is 446. The molecule has 0 fully saturated rings. The third-order valence-electron chi connectivity index (χ3n) is 3.65. The highest BCUT2D eigenvalue weighted by Gasteiger charge is 2.43. The molecule has 0 spiro atoms. The third kappa shape index (κ3) is 1.07. The van der Waals surface area contributed by atoms with Gasteiger partial charge in [-0.15, -0.1) is 6.58 Å². The van der Waals surface area contributed by atoms with E-state index in [0.717, 1.165) is 0 Å². The number of benzene rings is 1. The Morgan fingerprint density at radius 2 is 2.07 bits per heavy atom. The summed E-state index contributed by atoms with van der Waals surface area (Å²) >= 11 is 0. The van der Waals surface area contributed by atoms with Gasteiger partial charge in [-0.2, -0.15) is 0 Å². The van der Waals surface area contributed by atoms with E-state index in [2.05, 4.69) is 55.2 Å². The quantitative estimate of drug-likeness (QED) is 0.682. The first-order chi connectivity index (χ1) is 7.24. The molecule has 3 unspecified atom stereocenters. The number of hydrogen-bond acceptors (Lipinski definition) is 1. The van der Waals surface area contributed by atoms with Gasteiger partial charge in [-0.3, -0.25) is 5.32 Å². The van der Waals surface area contributed by atoms with Gasteiger partial charge in [0.05, 0.1) is 6.04 Å². The fourth-order valence-corrected chi connectivity index (χ4v) is 2.72. The van der Waals surface area contributed by atoms with E-state index in [0.29, 0.717) is 5.92 Å². The van der Waals surface area contributed by atoms with Gasteiger partial charge in [-0.05, 0) is 18.1 Å². The lowest BCUT2D eigenvalue weighted by Crippen LogP contribution is -2.54. The first kappa shape index (κ1) is 8.93. The minimum atomic E-state index is 0.132. The summed E-state index contributed by atoms with van der Waals surface area (Å²) in [6.45, 7) is 6.17. The van der Waals surface area contributed by atoms with Crippen LogP contribution >= 0.6 is 0 Å². The van der Waals surface area contributed by atoms with Crippen LogP contribution in [0, 0.1) is 0 Å². The Labute approximate surface area is 90.5 Å². The second-order valence-corrected chi connectivity index (χ2v) is 4.61. The van der Waals surface area contributed by atoms with E-state index in [4.69, 9.17) is 0 Å². The highest BCUT2D eigenvalue weighted by molar-refractivity contribution is 5.49. The van der Waals surface area contributed by atoms with E-state index in [9.17, 15) is 0 Å². The Kier molecular flexibility index (Phi) is 1.68. The van der Waals surface area contributed by atoms with Crippen molar-refractivity contribution < 1.29 is 0 Å². The van der Waals surface area contributed by atoms with Gasteiger partial charge in [0.2, 0.25) is 0 Å². The van der Waals surface area contributed by atoms with Crippen LogP contribution in [0.1, 0.15) is 30.0 Å². The largest absolute Gasteiger partial charge is 0.297 e. The van der Waals surface area contributed by atoms with Crippen molar-refractivity contribution in [1.29, 1.82) is 0 Å². The van der Waals surface area contributed by atoms with E-state index in [1.165, 1.54) is 11.1 Å². The fraction of sp³-hybridized carbons (Fsp3) is 0.286. The van der Waals surface area contributed by atoms with Gasteiger partial charge < -0.3 is 0 Å². The molecule has 0 radical (unpaired) electrons. The average molecular weight is 197 g/mol. The fourth-order valence-electron chi connectivity index (χ4n) is 2.72. The van der Waals surface area contributed by atoms with Crippen molar-refractivity contribution in [1.82, 2.24) is 5.32 Å². The molecular formula is C14H15N. The second kappa shape index (κ2) is 2.83. The van der Waals surface area contributed by atoms with Gasteiger partial charge in [0.25, 0.3) is 0 Å². The van der Waals surface area contributed by atoms with E-state index < -0.39 is 0 Å². The molecule has 1 aliphatic heterocycles. The monoisotopic (exact) mass is 197 g/mol. The van der Waals surface area contributed by atoms with Crippen molar-refractivity contribution in [3.05, 3.63) is 60.2 Å². The van der Waals surface area contributed by atoms with Crippen LogP contribution < -0.4 is 5.32 Å². The highest BCUT2D eigenvalue weighted by Crippen LogP contribution is 2.46. The number of nitrogens with one attached hydrogen (secondary N) is 1. The van der Waals surface area contributed by atoms with E-state index in [-0.39, 0.29) is 11.6 Å². The van der Waals surface area contributed by atoms with Crippen LogP contribution in [0.5, 0.6) is 0 Å². The Balaban J connectivity index is 2.17. The minimum Gasteiger partial charge on any atom is -0.297 e. The van der Waals surface area contributed by atoms with Crippen LogP contribution in [-0.2, 0) is 0 Å². The van der Waals surface area contributed by atoms with Crippen molar-refractivity contribution in [3.63, 3.8) is 0 Å². The summed E-state index contributed by atoms with van der Waals surface area (Å²) in [5, 5.41) is 3.63. The zero-order valence-corrected chi connectivity index (χ0v) is 8.90. The van der Waals surface area contributed by atoms with Gasteiger partial charge in [-0.25, -0.2) is 0 Å². The lowest BCUT2D eigenvalue weighted by molar-refractivity contribution is 0.317. The summed E-state index contributed by atoms with van der Waals surface area (Å²) < 4.78 is 0. The van der Waals surface area contributed by atoms with Crippen molar-refractivity contribution in [2.75, 3.05) is 0 Å². The standard InChI is InChI=1S/C14H15N/c1-3-13-11-7-5-4-6-10(11)12-8-9-14(12,2)15-13/h3-9,12-13,15H,1H2,2H3. The Morgan fingerprint density at radius 1 is 1.33 bits per heavy atom. The second-order valence-electron chi connectivity index (χ2n) is 4.61. The Morgan fingerprint density at radius 3 is 2.67 bits per heavy atom. The molecule has 0 bridgehead atoms. The van der Waals surface area contributed by atoms with Crippen LogP contribution in [0.25, 0.3) is 0 Å². The third-order valence-corrected chi connectivity index (χ3v) is 3.65. The molecule has 76 valence electrons. The number of hydrogen-bond donors (Lipinski definition) is 1. The molecule has 1 heteroatoms. The van der Waals surface area contributed by atoms with Crippen molar-refractivity contribution in [2.24, 2.45) is 0 Å². The smallest absolute Gasteiger partial charge is 0.0513 e. The number of fused-ring (bicyclic) bond motifs is 3. The average Bonchev–Trinajstić information content (AvgIpc) is 2.24. The first-order valence-corrected chi connectivity index (χ1v) is 5.43. The maximum Gasteiger partial charge on any atom is 0.0513 e. The van der Waals surface area contributed by atoms with Crippen molar-refractivity contribution >= 4 is 0 Å². The van der Waals surface area contributed by atoms with Gasteiger partial charge in [0.15, 0.2) is 0 Å². The zero-order chi connectivity index (χ0) is 10.5. The Hall–Kier alpha value is -1.34. The summed E-state index contributed by atoms with van der Waals surface area (Å²) in [7, 11) is 0. The molecule has 0 saturated heterocycles. The van der Waals surface area contributed by atoms with E-state index >= 15 is 0 Å². The van der Waals surface area contributed by atoms with Gasteiger partial charge in [0, 0.05) is 11.5 Å². The first-order valence-electron chi connectivity index (χ1n) is 5.43. The predicted molar refractivity (Wildman–Crippen MR) is 62.8 cm³/mol. The summed E-state index contributed by atoms with van der Waals surface area (Å²) in [4.78, 5) is 0. The molecule has 1 aromatic carbocycles. The van der Waals surface area contributed by atoms with Crippen LogP contribution in [0.15, 0.2) is 49.1 Å². The molecule has 3 rings (SSSR count). The molecule has 0 saturated carbocycles. The molecule has 3 atom stereocenters. The molecule has 0 amide bonds. The minimum absolute atomic E-state index is 0.132. The molecule has 1 heterocycles. The lowest BCUT2D eigenvalue weighted by atomic mass is 9.67. The molecule has 1 aliphatic carbocycles. The van der Waals surface area contributed by atoms with Gasteiger partial charge in [-0.1, -0.05) is 42.5 Å². The zero-order valence-electron chi connectivity index (χ0n) is 8.90. The molecule has 15 heavy (non-hydrogen) atoms. The van der Waals surface area contributed by atoms with Gasteiger partial charge >= 0.3 is 0 Å². The van der Waals surface area contributed by atoms with Crippen LogP contribution in [0.3, 0.4) is 0 Å². The molecule has 0 aromatic heterocycles. The van der Waals surface area contributed by atoms with E-state index in [1.807, 2.05) is 6.08 Å². The topological polar surface area (TPSA) is 12.0 Å². The summed E-state index contributed by atoms with van der Waals surface area (Å²) in [5.41, 5.74) is 2.96. The van der Waals surface area contributed by atoms with Crippen LogP contribution in [-0.4, -0.2) is 5.54 Å². The summed E-state index contributed by atoms with van der Waals surface area (Å²) in [6.07, 6.45) is 6.53. The molecule has 1 N–H and O–H groups in total. The van der Waals surface area contributed by atoms with Crippen LogP contribution in [0.2, 0.25) is 0 Å². The van der Waals surface area contributed by atoms with Crippen LogP contribution in [0.4, 0.5) is 0 Å². The van der Waals surface area contributed by atoms with Crippen molar-refractivity contribution in [3.8, 4) is 0 Å². The highest BCUT2D eigenvalue weighted by atomic mass is 15.0. The molecule has 1 nitrogen and oxygen atoms in total. The summed E-state index contributed by atoms with van der Waals surface area (Å²) in [6, 6.07) is 8.94. The SMILES string of the molecule is C=CC1NC2(C)C=CC2c2ccccc21. The maximum absolute atomic E-state index is 3.91. The lowest BCUT2D eigenvalue weighted by Gasteiger charge is -2.49. The molecular weight excluding hydrogens is 182 g/mol. The van der Waals surface area contributed by atoms with E-state index in [1.54, 1.807) is 0 Å². The molecule has 1 aromatic rings. The summed E-state index contributed by atoms with van der Waals surface area (Å²) in [5.74, 6) is 0.532. The number of rotatable bonds is 1. The van der Waals surface area contributed by atoms with Crippen molar-refractivity contribution in [2.45, 2.75) is 24.4 Å². The maximum atomic E-state index is 3.91.